The molecule has 15 heteroatoms. The first-order chi connectivity index (χ1) is 21.2. The van der Waals surface area contributed by atoms with Crippen LogP contribution < -0.4 is 20.7 Å². The Labute approximate surface area is 257 Å². The van der Waals surface area contributed by atoms with E-state index in [1.54, 1.807) is 33.9 Å². The Balaban J connectivity index is 1.61. The van der Waals surface area contributed by atoms with Crippen LogP contribution in [0.25, 0.3) is 0 Å². The van der Waals surface area contributed by atoms with Gasteiger partial charge in [-0.2, -0.15) is 13.2 Å². The summed E-state index contributed by atoms with van der Waals surface area (Å²) in [6.07, 6.45) is -5.21. The highest BCUT2D eigenvalue weighted by atomic mass is 19.4. The lowest BCUT2D eigenvalue weighted by atomic mass is 9.99. The van der Waals surface area contributed by atoms with E-state index < -0.39 is 41.9 Å². The summed E-state index contributed by atoms with van der Waals surface area (Å²) in [4.78, 5) is 42.6. The van der Waals surface area contributed by atoms with E-state index in [2.05, 4.69) is 21.1 Å². The number of nitrogens with one attached hydrogen (secondary N) is 3. The SMILES string of the molecule is Cc1noc(C)c1NC(=O)N(C)C[C@@H]1Oc2c(NC(=O)Nc3ccc(C(F)(F)F)cc3)cccc2C(=O)N([C@@H](C)CO)C[C@H]1C. The number of ether oxygens (including phenoxy) is 1. The number of aryl methyl sites for hydroxylation is 2. The molecule has 0 spiro atoms. The fraction of sp³-hybridized carbons (Fsp3) is 0.400. The van der Waals surface area contributed by atoms with Gasteiger partial charge in [0.05, 0.1) is 36.0 Å². The summed E-state index contributed by atoms with van der Waals surface area (Å²) in [5.41, 5.74) is 0.430. The number of aromatic nitrogens is 1. The van der Waals surface area contributed by atoms with Crippen molar-refractivity contribution in [1.82, 2.24) is 15.0 Å². The standard InChI is InChI=1S/C30H35F3N6O6/c1-16-13-39(17(2)15-40)27(41)22-7-6-8-23(35-28(42)34-21-11-9-20(10-12-21)30(31,32)33)26(22)44-24(16)14-38(5)29(43)36-25-18(3)37-45-19(25)4/h6-12,16-17,24,40H,13-15H2,1-5H3,(H,36,43)(H2,34,35,42)/t16-,17+,24+/m1/s1. The molecule has 1 aliphatic rings. The first-order valence-corrected chi connectivity index (χ1v) is 14.1. The average molecular weight is 633 g/mol. The number of urea groups is 2. The number of amides is 5. The maximum atomic E-state index is 13.7. The minimum atomic E-state index is -4.52. The molecule has 2 aromatic carbocycles. The number of carbonyl (C=O) groups excluding carboxylic acids is 3. The van der Waals surface area contributed by atoms with Crippen LogP contribution in [0.5, 0.6) is 5.75 Å². The lowest BCUT2D eigenvalue weighted by molar-refractivity contribution is -0.137. The Bertz CT molecular complexity index is 1520. The van der Waals surface area contributed by atoms with Gasteiger partial charge in [-0.3, -0.25) is 4.79 Å². The second kappa shape index (κ2) is 13.5. The van der Waals surface area contributed by atoms with Crippen LogP contribution in [-0.4, -0.2) is 76.9 Å². The molecule has 0 unspecified atom stereocenters. The van der Waals surface area contributed by atoms with E-state index in [0.29, 0.717) is 17.1 Å². The third-order valence-electron chi connectivity index (χ3n) is 7.48. The van der Waals surface area contributed by atoms with Gasteiger partial charge in [-0.15, -0.1) is 0 Å². The van der Waals surface area contributed by atoms with Crippen molar-refractivity contribution in [2.24, 2.45) is 5.92 Å². The van der Waals surface area contributed by atoms with Crippen molar-refractivity contribution in [2.75, 3.05) is 42.7 Å². The van der Waals surface area contributed by atoms with Crippen LogP contribution in [0, 0.1) is 19.8 Å². The molecule has 1 aliphatic heterocycles. The highest BCUT2D eigenvalue weighted by molar-refractivity contribution is 6.04. The summed E-state index contributed by atoms with van der Waals surface area (Å²) in [7, 11) is 1.57. The molecule has 5 amide bonds. The lowest BCUT2D eigenvalue weighted by Gasteiger charge is -2.38. The van der Waals surface area contributed by atoms with Gasteiger partial charge in [0, 0.05) is 25.2 Å². The number of rotatable bonds is 7. The Morgan fingerprint density at radius 1 is 1.13 bits per heavy atom. The maximum Gasteiger partial charge on any atom is 0.416 e. The molecular weight excluding hydrogens is 597 g/mol. The van der Waals surface area contributed by atoms with E-state index in [0.717, 1.165) is 24.3 Å². The topological polar surface area (TPSA) is 149 Å². The molecule has 0 radical (unpaired) electrons. The van der Waals surface area contributed by atoms with Gasteiger partial charge in [-0.1, -0.05) is 18.1 Å². The van der Waals surface area contributed by atoms with Gasteiger partial charge in [-0.05, 0) is 57.2 Å². The summed E-state index contributed by atoms with van der Waals surface area (Å²) in [5.74, 6) is -0.305. The predicted molar refractivity (Wildman–Crippen MR) is 159 cm³/mol. The van der Waals surface area contributed by atoms with Crippen LogP contribution in [0.15, 0.2) is 47.0 Å². The number of carbonyl (C=O) groups is 3. The number of alkyl halides is 3. The molecule has 0 aliphatic carbocycles. The second-order valence-electron chi connectivity index (χ2n) is 11.0. The lowest BCUT2D eigenvalue weighted by Crippen LogP contribution is -2.50. The number of hydrogen-bond acceptors (Lipinski definition) is 7. The number of hydrogen-bond donors (Lipinski definition) is 4. The Hall–Kier alpha value is -4.79. The number of aliphatic hydroxyl groups is 1. The van der Waals surface area contributed by atoms with Crippen molar-refractivity contribution >= 4 is 35.0 Å². The molecule has 3 atom stereocenters. The first kappa shape index (κ1) is 33.1. The van der Waals surface area contributed by atoms with Gasteiger partial charge in [0.1, 0.15) is 17.5 Å². The third kappa shape index (κ3) is 7.66. The van der Waals surface area contributed by atoms with Crippen LogP contribution in [0.3, 0.4) is 0 Å². The van der Waals surface area contributed by atoms with Crippen molar-refractivity contribution in [3.05, 3.63) is 65.0 Å². The Morgan fingerprint density at radius 3 is 2.42 bits per heavy atom. The van der Waals surface area contributed by atoms with Gasteiger partial charge < -0.3 is 40.1 Å². The summed E-state index contributed by atoms with van der Waals surface area (Å²) < 4.78 is 50.3. The zero-order valence-corrected chi connectivity index (χ0v) is 25.4. The van der Waals surface area contributed by atoms with Gasteiger partial charge in [0.25, 0.3) is 5.91 Å². The van der Waals surface area contributed by atoms with Gasteiger partial charge in [0.15, 0.2) is 11.5 Å². The highest BCUT2D eigenvalue weighted by Gasteiger charge is 2.35. The molecule has 2 heterocycles. The maximum absolute atomic E-state index is 13.7. The van der Waals surface area contributed by atoms with E-state index in [4.69, 9.17) is 9.26 Å². The van der Waals surface area contributed by atoms with Crippen molar-refractivity contribution in [3.8, 4) is 5.75 Å². The van der Waals surface area contributed by atoms with Crippen molar-refractivity contribution < 1.29 is 41.9 Å². The van der Waals surface area contributed by atoms with Crippen molar-refractivity contribution in [1.29, 1.82) is 0 Å². The quantitative estimate of drug-likeness (QED) is 0.275. The van der Waals surface area contributed by atoms with Crippen LogP contribution in [0.4, 0.5) is 39.8 Å². The largest absolute Gasteiger partial charge is 0.485 e. The van der Waals surface area contributed by atoms with Crippen LogP contribution in [0.2, 0.25) is 0 Å². The number of aliphatic hydroxyl groups excluding tert-OH is 1. The van der Waals surface area contributed by atoms with E-state index >= 15 is 0 Å². The average Bonchev–Trinajstić information content (AvgIpc) is 3.30. The fourth-order valence-corrected chi connectivity index (χ4v) is 4.80. The monoisotopic (exact) mass is 632 g/mol. The first-order valence-electron chi connectivity index (χ1n) is 14.1. The normalized spacial score (nSPS) is 17.4. The van der Waals surface area contributed by atoms with E-state index in [-0.39, 0.29) is 48.3 Å². The zero-order valence-electron chi connectivity index (χ0n) is 25.4. The molecule has 12 nitrogen and oxygen atoms in total. The smallest absolute Gasteiger partial charge is 0.416 e. The zero-order chi connectivity index (χ0) is 33.1. The van der Waals surface area contributed by atoms with Gasteiger partial charge >= 0.3 is 18.2 Å². The van der Waals surface area contributed by atoms with Gasteiger partial charge in [0.2, 0.25) is 0 Å². The molecule has 3 aromatic rings. The van der Waals surface area contributed by atoms with Crippen LogP contribution in [0.1, 0.15) is 41.2 Å². The Morgan fingerprint density at radius 2 is 1.82 bits per heavy atom. The number of likely N-dealkylation sites (N-methyl/N-ethyl adjacent to an activating group) is 1. The Kier molecular flexibility index (Phi) is 9.91. The molecule has 4 rings (SSSR count). The van der Waals surface area contributed by atoms with Crippen molar-refractivity contribution in [3.63, 3.8) is 0 Å². The third-order valence-corrected chi connectivity index (χ3v) is 7.48. The fourth-order valence-electron chi connectivity index (χ4n) is 4.80. The number of anilines is 3. The van der Waals surface area contributed by atoms with Crippen molar-refractivity contribution in [2.45, 2.75) is 46.0 Å². The molecule has 1 aromatic heterocycles. The van der Waals surface area contributed by atoms with E-state index in [9.17, 15) is 32.7 Å². The minimum absolute atomic E-state index is 0.0382. The minimum Gasteiger partial charge on any atom is -0.485 e. The summed E-state index contributed by atoms with van der Waals surface area (Å²) >= 11 is 0. The molecule has 242 valence electrons. The highest BCUT2D eigenvalue weighted by Crippen LogP contribution is 2.35. The molecule has 0 fully saturated rings. The van der Waals surface area contributed by atoms with Crippen LogP contribution in [-0.2, 0) is 6.18 Å². The molecule has 0 bridgehead atoms. The molecule has 45 heavy (non-hydrogen) atoms. The summed E-state index contributed by atoms with van der Waals surface area (Å²) in [5, 5.41) is 21.6. The van der Waals surface area contributed by atoms with E-state index in [1.807, 2.05) is 6.92 Å². The van der Waals surface area contributed by atoms with Gasteiger partial charge in [-0.25, -0.2) is 9.59 Å². The summed E-state index contributed by atoms with van der Waals surface area (Å²) in [6, 6.07) is 6.70. The molecule has 0 saturated carbocycles. The number of benzene rings is 2. The number of fused-ring (bicyclic) bond motifs is 1. The second-order valence-corrected chi connectivity index (χ2v) is 11.0. The predicted octanol–water partition coefficient (Wildman–Crippen LogP) is 5.34. The number of halogens is 3. The number of nitrogens with zero attached hydrogens (tertiary/aromatic N) is 3. The molecule has 4 N–H and O–H groups in total. The van der Waals surface area contributed by atoms with Crippen LogP contribution >= 0.6 is 0 Å². The molecular formula is C30H35F3N6O6. The summed E-state index contributed by atoms with van der Waals surface area (Å²) in [6.45, 7) is 6.87. The number of para-hydroxylation sites is 1. The molecule has 0 saturated heterocycles. The van der Waals surface area contributed by atoms with E-state index in [1.165, 1.54) is 21.9 Å².